The molecule has 2 nitrogen and oxygen atoms in total. The first-order valence-electron chi connectivity index (χ1n) is 4.65. The number of rotatable bonds is 3. The highest BCUT2D eigenvalue weighted by molar-refractivity contribution is 5.26. The van der Waals surface area contributed by atoms with E-state index >= 15 is 0 Å². The zero-order chi connectivity index (χ0) is 9.84. The van der Waals surface area contributed by atoms with Gasteiger partial charge in [0, 0.05) is 24.9 Å². The van der Waals surface area contributed by atoms with Crippen molar-refractivity contribution < 1.29 is 0 Å². The molecule has 1 rings (SSSR count). The summed E-state index contributed by atoms with van der Waals surface area (Å²) in [5.41, 5.74) is 4.01. The third kappa shape index (κ3) is 2.12. The number of aromatic nitrogens is 1. The van der Waals surface area contributed by atoms with E-state index in [2.05, 4.69) is 37.6 Å². The summed E-state index contributed by atoms with van der Waals surface area (Å²) in [7, 11) is 2.08. The first-order valence-corrected chi connectivity index (χ1v) is 4.65. The molecule has 1 aromatic rings. The van der Waals surface area contributed by atoms with Gasteiger partial charge in [-0.3, -0.25) is 0 Å². The molecule has 0 saturated carbocycles. The predicted molar refractivity (Wildman–Crippen MR) is 53.4 cm³/mol. The van der Waals surface area contributed by atoms with Gasteiger partial charge in [-0.25, -0.2) is 0 Å². The number of unbranched alkanes of at least 4 members (excludes halogenated alkanes) is 1. The molecule has 0 unspecified atom stereocenters. The van der Waals surface area contributed by atoms with E-state index in [1.54, 1.807) is 0 Å². The summed E-state index contributed by atoms with van der Waals surface area (Å²) >= 11 is 0. The Hall–Kier alpha value is -1.23. The average molecular weight is 176 g/mol. The standard InChI is InChI=1S/C11H16N2/c1-9-8-11(6-4-5-7-12)10(2)13(9)3/h8H,4-6H2,1-3H3. The molecule has 0 aliphatic heterocycles. The molecule has 2 heteroatoms. The first-order chi connectivity index (χ1) is 6.16. The second kappa shape index (κ2) is 4.13. The fraction of sp³-hybridized carbons (Fsp3) is 0.545. The Morgan fingerprint density at radius 3 is 2.62 bits per heavy atom. The summed E-state index contributed by atoms with van der Waals surface area (Å²) in [6.07, 6.45) is 2.66. The lowest BCUT2D eigenvalue weighted by molar-refractivity contribution is 0.810. The minimum absolute atomic E-state index is 0.660. The quantitative estimate of drug-likeness (QED) is 0.650. The summed E-state index contributed by atoms with van der Waals surface area (Å²) in [5, 5.41) is 8.42. The van der Waals surface area contributed by atoms with E-state index in [-0.39, 0.29) is 0 Å². The van der Waals surface area contributed by atoms with Crippen LogP contribution in [0.5, 0.6) is 0 Å². The van der Waals surface area contributed by atoms with Crippen molar-refractivity contribution in [2.75, 3.05) is 0 Å². The highest BCUT2D eigenvalue weighted by Gasteiger charge is 2.04. The molecule has 0 radical (unpaired) electrons. The maximum Gasteiger partial charge on any atom is 0.0621 e. The number of hydrogen-bond donors (Lipinski definition) is 0. The van der Waals surface area contributed by atoms with Crippen molar-refractivity contribution >= 4 is 0 Å². The van der Waals surface area contributed by atoms with Crippen LogP contribution >= 0.6 is 0 Å². The highest BCUT2D eigenvalue weighted by atomic mass is 14.9. The van der Waals surface area contributed by atoms with Crippen LogP contribution in [0, 0.1) is 25.2 Å². The molecule has 0 atom stereocenters. The van der Waals surface area contributed by atoms with Crippen molar-refractivity contribution in [3.05, 3.63) is 23.0 Å². The Kier molecular flexibility index (Phi) is 3.13. The second-order valence-corrected chi connectivity index (χ2v) is 3.47. The Labute approximate surface area is 79.8 Å². The van der Waals surface area contributed by atoms with E-state index in [0.29, 0.717) is 6.42 Å². The minimum atomic E-state index is 0.660. The van der Waals surface area contributed by atoms with E-state index in [4.69, 9.17) is 5.26 Å². The molecule has 1 heterocycles. The molecule has 0 N–H and O–H groups in total. The van der Waals surface area contributed by atoms with Crippen molar-refractivity contribution in [2.24, 2.45) is 7.05 Å². The molecule has 0 bridgehead atoms. The van der Waals surface area contributed by atoms with Gasteiger partial charge in [0.05, 0.1) is 6.07 Å². The molecular weight excluding hydrogens is 160 g/mol. The Morgan fingerprint density at radius 2 is 2.15 bits per heavy atom. The van der Waals surface area contributed by atoms with Crippen molar-refractivity contribution in [2.45, 2.75) is 33.1 Å². The SMILES string of the molecule is Cc1cc(CCCC#N)c(C)n1C. The molecule has 0 fully saturated rings. The summed E-state index contributed by atoms with van der Waals surface area (Å²) in [6, 6.07) is 4.39. The van der Waals surface area contributed by atoms with Crippen LogP contribution < -0.4 is 0 Å². The third-order valence-electron chi connectivity index (χ3n) is 2.61. The van der Waals surface area contributed by atoms with Gasteiger partial charge in [0.2, 0.25) is 0 Å². The van der Waals surface area contributed by atoms with Crippen molar-refractivity contribution in [1.82, 2.24) is 4.57 Å². The maximum atomic E-state index is 8.42. The first kappa shape index (κ1) is 9.85. The molecule has 0 amide bonds. The number of nitriles is 1. The van der Waals surface area contributed by atoms with Crippen molar-refractivity contribution in [3.8, 4) is 6.07 Å². The zero-order valence-corrected chi connectivity index (χ0v) is 8.59. The van der Waals surface area contributed by atoms with E-state index in [1.165, 1.54) is 17.0 Å². The van der Waals surface area contributed by atoms with E-state index in [1.807, 2.05) is 0 Å². The normalized spacial score (nSPS) is 10.0. The lowest BCUT2D eigenvalue weighted by atomic mass is 10.1. The zero-order valence-electron chi connectivity index (χ0n) is 8.59. The van der Waals surface area contributed by atoms with Gasteiger partial charge in [-0.15, -0.1) is 0 Å². The van der Waals surface area contributed by atoms with Crippen LogP contribution in [0.4, 0.5) is 0 Å². The lowest BCUT2D eigenvalue weighted by Gasteiger charge is -2.00. The van der Waals surface area contributed by atoms with E-state index < -0.39 is 0 Å². The molecule has 1 aromatic heterocycles. The summed E-state index contributed by atoms with van der Waals surface area (Å²) in [5.74, 6) is 0. The van der Waals surface area contributed by atoms with Crippen LogP contribution in [0.1, 0.15) is 29.8 Å². The van der Waals surface area contributed by atoms with Crippen molar-refractivity contribution in [1.29, 1.82) is 5.26 Å². The molecule has 0 saturated heterocycles. The van der Waals surface area contributed by atoms with Crippen LogP contribution in [0.25, 0.3) is 0 Å². The molecule has 13 heavy (non-hydrogen) atoms. The molecule has 70 valence electrons. The van der Waals surface area contributed by atoms with Gasteiger partial charge in [-0.05, 0) is 38.3 Å². The van der Waals surface area contributed by atoms with Crippen LogP contribution in [-0.4, -0.2) is 4.57 Å². The van der Waals surface area contributed by atoms with Gasteiger partial charge in [-0.1, -0.05) is 0 Å². The van der Waals surface area contributed by atoms with Gasteiger partial charge in [0.15, 0.2) is 0 Å². The minimum Gasteiger partial charge on any atom is -0.352 e. The maximum absolute atomic E-state index is 8.42. The molecule has 0 aromatic carbocycles. The number of nitrogens with zero attached hydrogens (tertiary/aromatic N) is 2. The van der Waals surface area contributed by atoms with Gasteiger partial charge in [0.1, 0.15) is 0 Å². The van der Waals surface area contributed by atoms with Crippen molar-refractivity contribution in [3.63, 3.8) is 0 Å². The highest BCUT2D eigenvalue weighted by Crippen LogP contribution is 2.15. The van der Waals surface area contributed by atoms with Gasteiger partial charge in [-0.2, -0.15) is 5.26 Å². The van der Waals surface area contributed by atoms with Gasteiger partial charge in [0.25, 0.3) is 0 Å². The average Bonchev–Trinajstić information content (AvgIpc) is 2.34. The Bertz CT molecular complexity index is 329. The molecule has 0 aliphatic rings. The molecule has 0 spiro atoms. The fourth-order valence-corrected chi connectivity index (χ4v) is 1.54. The predicted octanol–water partition coefficient (Wildman–Crippen LogP) is 2.49. The third-order valence-corrected chi connectivity index (χ3v) is 2.61. The van der Waals surface area contributed by atoms with Gasteiger partial charge >= 0.3 is 0 Å². The van der Waals surface area contributed by atoms with Crippen LogP contribution in [0.3, 0.4) is 0 Å². The summed E-state index contributed by atoms with van der Waals surface area (Å²) in [6.45, 7) is 4.25. The van der Waals surface area contributed by atoms with Gasteiger partial charge < -0.3 is 4.57 Å². The summed E-state index contributed by atoms with van der Waals surface area (Å²) < 4.78 is 2.20. The van der Waals surface area contributed by atoms with E-state index in [0.717, 1.165) is 12.8 Å². The molecule has 0 aliphatic carbocycles. The lowest BCUT2D eigenvalue weighted by Crippen LogP contribution is -1.94. The smallest absolute Gasteiger partial charge is 0.0621 e. The van der Waals surface area contributed by atoms with Crippen LogP contribution in [0.15, 0.2) is 6.07 Å². The Morgan fingerprint density at radius 1 is 1.46 bits per heavy atom. The van der Waals surface area contributed by atoms with Crippen LogP contribution in [-0.2, 0) is 13.5 Å². The molecular formula is C11H16N2. The number of aryl methyl sites for hydroxylation is 2. The largest absolute Gasteiger partial charge is 0.352 e. The van der Waals surface area contributed by atoms with E-state index in [9.17, 15) is 0 Å². The second-order valence-electron chi connectivity index (χ2n) is 3.47. The number of hydrogen-bond acceptors (Lipinski definition) is 1. The monoisotopic (exact) mass is 176 g/mol. The summed E-state index contributed by atoms with van der Waals surface area (Å²) in [4.78, 5) is 0. The topological polar surface area (TPSA) is 28.7 Å². The fourth-order valence-electron chi connectivity index (χ4n) is 1.54. The van der Waals surface area contributed by atoms with Crippen LogP contribution in [0.2, 0.25) is 0 Å². The Balaban J connectivity index is 2.68.